The van der Waals surface area contributed by atoms with Crippen molar-refractivity contribution >= 4 is 17.6 Å². The van der Waals surface area contributed by atoms with E-state index in [9.17, 15) is 9.59 Å². The molecule has 2 fully saturated rings. The van der Waals surface area contributed by atoms with Crippen LogP contribution in [0.5, 0.6) is 0 Å². The molecule has 0 saturated carbocycles. The first-order valence-corrected chi connectivity index (χ1v) is 10.1. The zero-order valence-electron chi connectivity index (χ0n) is 16.4. The highest BCUT2D eigenvalue weighted by Crippen LogP contribution is 2.29. The maximum Gasteiger partial charge on any atom is 0.321 e. The van der Waals surface area contributed by atoms with E-state index < -0.39 is 0 Å². The van der Waals surface area contributed by atoms with Crippen LogP contribution in [-0.4, -0.2) is 43.0 Å². The maximum absolute atomic E-state index is 12.9. The highest BCUT2D eigenvalue weighted by atomic mass is 16.2. The van der Waals surface area contributed by atoms with Gasteiger partial charge in [0.25, 0.3) is 0 Å². The lowest BCUT2D eigenvalue weighted by Gasteiger charge is -2.34. The Labute approximate surface area is 166 Å². The molecule has 1 unspecified atom stereocenters. The summed E-state index contributed by atoms with van der Waals surface area (Å²) in [6.45, 7) is 5.16. The summed E-state index contributed by atoms with van der Waals surface area (Å²) in [7, 11) is 0. The highest BCUT2D eigenvalue weighted by Gasteiger charge is 2.26. The largest absolute Gasteiger partial charge is 0.342 e. The van der Waals surface area contributed by atoms with Crippen LogP contribution in [0, 0.1) is 6.92 Å². The van der Waals surface area contributed by atoms with E-state index in [1.165, 1.54) is 11.1 Å². The number of hydrogen-bond donors (Lipinski definition) is 1. The lowest BCUT2D eigenvalue weighted by Crippen LogP contribution is -2.40. The molecule has 0 bridgehead atoms. The van der Waals surface area contributed by atoms with Crippen LogP contribution in [0.25, 0.3) is 0 Å². The number of likely N-dealkylation sites (tertiary alicyclic amines) is 1. The van der Waals surface area contributed by atoms with Gasteiger partial charge in [-0.05, 0) is 48.6 Å². The number of carbonyl (C=O) groups excluding carboxylic acids is 2. The average Bonchev–Trinajstić information content (AvgIpc) is 3.15. The molecule has 1 N–H and O–H groups in total. The fraction of sp³-hybridized carbons (Fsp3) is 0.391. The van der Waals surface area contributed by atoms with E-state index in [1.807, 2.05) is 29.2 Å². The minimum Gasteiger partial charge on any atom is -0.342 e. The van der Waals surface area contributed by atoms with Gasteiger partial charge in [0.2, 0.25) is 5.91 Å². The Morgan fingerprint density at radius 1 is 1.11 bits per heavy atom. The van der Waals surface area contributed by atoms with Gasteiger partial charge < -0.3 is 10.2 Å². The molecule has 3 amide bonds. The van der Waals surface area contributed by atoms with Crippen molar-refractivity contribution < 1.29 is 9.59 Å². The number of benzene rings is 2. The number of piperidine rings is 1. The molecule has 5 nitrogen and oxygen atoms in total. The summed E-state index contributed by atoms with van der Waals surface area (Å²) in [5.41, 5.74) is 4.55. The van der Waals surface area contributed by atoms with Crippen molar-refractivity contribution in [3.63, 3.8) is 0 Å². The van der Waals surface area contributed by atoms with Gasteiger partial charge in [-0.15, -0.1) is 0 Å². The number of urea groups is 1. The summed E-state index contributed by atoms with van der Waals surface area (Å²) < 4.78 is 0. The number of carbonyl (C=O) groups is 2. The van der Waals surface area contributed by atoms with Crippen LogP contribution in [0.2, 0.25) is 0 Å². The summed E-state index contributed by atoms with van der Waals surface area (Å²) >= 11 is 0. The van der Waals surface area contributed by atoms with Crippen LogP contribution in [0.4, 0.5) is 10.5 Å². The average molecular weight is 377 g/mol. The van der Waals surface area contributed by atoms with Gasteiger partial charge in [0.15, 0.2) is 0 Å². The SMILES string of the molecule is Cc1ccccc1C1CCCN(C(=O)Cc2ccc(N3CCNC3=O)cc2)C1. The Morgan fingerprint density at radius 3 is 2.61 bits per heavy atom. The third kappa shape index (κ3) is 3.88. The third-order valence-corrected chi connectivity index (χ3v) is 5.86. The van der Waals surface area contributed by atoms with Crippen molar-refractivity contribution in [2.45, 2.75) is 32.1 Å². The van der Waals surface area contributed by atoms with Gasteiger partial charge >= 0.3 is 6.03 Å². The molecule has 0 aliphatic carbocycles. The number of hydrogen-bond acceptors (Lipinski definition) is 2. The first-order chi connectivity index (χ1) is 13.6. The third-order valence-electron chi connectivity index (χ3n) is 5.86. The highest BCUT2D eigenvalue weighted by molar-refractivity contribution is 5.94. The van der Waals surface area contributed by atoms with E-state index in [-0.39, 0.29) is 11.9 Å². The Balaban J connectivity index is 1.39. The van der Waals surface area contributed by atoms with Crippen molar-refractivity contribution in [1.82, 2.24) is 10.2 Å². The van der Waals surface area contributed by atoms with Crippen LogP contribution in [-0.2, 0) is 11.2 Å². The van der Waals surface area contributed by atoms with E-state index in [0.717, 1.165) is 37.2 Å². The molecule has 0 spiro atoms. The Hall–Kier alpha value is -2.82. The van der Waals surface area contributed by atoms with Gasteiger partial charge in [0, 0.05) is 37.8 Å². The minimum absolute atomic E-state index is 0.0561. The molecule has 2 aliphatic rings. The van der Waals surface area contributed by atoms with E-state index in [1.54, 1.807) is 4.90 Å². The molecule has 0 radical (unpaired) electrons. The number of anilines is 1. The van der Waals surface area contributed by atoms with Gasteiger partial charge in [-0.2, -0.15) is 0 Å². The molecule has 5 heteroatoms. The van der Waals surface area contributed by atoms with Crippen LogP contribution in [0.1, 0.15) is 35.4 Å². The Kier molecular flexibility index (Phi) is 5.33. The molecule has 0 aromatic heterocycles. The summed E-state index contributed by atoms with van der Waals surface area (Å²) in [6.07, 6.45) is 2.60. The van der Waals surface area contributed by atoms with Crippen LogP contribution in [0.15, 0.2) is 48.5 Å². The van der Waals surface area contributed by atoms with Crippen molar-refractivity contribution in [3.05, 3.63) is 65.2 Å². The van der Waals surface area contributed by atoms with E-state index in [4.69, 9.17) is 0 Å². The lowest BCUT2D eigenvalue weighted by molar-refractivity contribution is -0.131. The van der Waals surface area contributed by atoms with Gasteiger partial charge in [0.05, 0.1) is 6.42 Å². The molecule has 2 heterocycles. The number of nitrogens with zero attached hydrogens (tertiary/aromatic N) is 2. The van der Waals surface area contributed by atoms with Crippen molar-refractivity contribution in [3.8, 4) is 0 Å². The van der Waals surface area contributed by atoms with Crippen molar-refractivity contribution in [2.24, 2.45) is 0 Å². The fourth-order valence-corrected chi connectivity index (χ4v) is 4.30. The van der Waals surface area contributed by atoms with Gasteiger partial charge in [-0.25, -0.2) is 4.79 Å². The second-order valence-corrected chi connectivity index (χ2v) is 7.76. The summed E-state index contributed by atoms with van der Waals surface area (Å²) in [4.78, 5) is 28.4. The van der Waals surface area contributed by atoms with Crippen LogP contribution >= 0.6 is 0 Å². The fourth-order valence-electron chi connectivity index (χ4n) is 4.30. The topological polar surface area (TPSA) is 52.7 Å². The molecule has 146 valence electrons. The van der Waals surface area contributed by atoms with Crippen LogP contribution < -0.4 is 10.2 Å². The normalized spacial score (nSPS) is 19.6. The summed E-state index contributed by atoms with van der Waals surface area (Å²) in [5.74, 6) is 0.611. The molecule has 2 saturated heterocycles. The monoisotopic (exact) mass is 377 g/mol. The van der Waals surface area contributed by atoms with E-state index in [0.29, 0.717) is 25.4 Å². The number of aryl methyl sites for hydroxylation is 1. The standard InChI is InChI=1S/C23H27N3O2/c1-17-5-2-3-7-21(17)19-6-4-13-25(16-19)22(27)15-18-8-10-20(11-9-18)26-14-12-24-23(26)28/h2-3,5,7-11,19H,4,6,12-16H2,1H3,(H,24,28). The van der Waals surface area contributed by atoms with Crippen LogP contribution in [0.3, 0.4) is 0 Å². The zero-order chi connectivity index (χ0) is 19.5. The molecular weight excluding hydrogens is 350 g/mol. The summed E-state index contributed by atoms with van der Waals surface area (Å²) in [5, 5.41) is 2.81. The number of nitrogens with one attached hydrogen (secondary N) is 1. The van der Waals surface area contributed by atoms with Gasteiger partial charge in [-0.1, -0.05) is 36.4 Å². The Morgan fingerprint density at radius 2 is 1.89 bits per heavy atom. The number of amides is 3. The Bertz CT molecular complexity index is 862. The predicted octanol–water partition coefficient (Wildman–Crippen LogP) is 3.47. The zero-order valence-corrected chi connectivity index (χ0v) is 16.4. The van der Waals surface area contributed by atoms with E-state index in [2.05, 4.69) is 36.5 Å². The molecule has 1 atom stereocenters. The maximum atomic E-state index is 12.9. The molecule has 4 rings (SSSR count). The smallest absolute Gasteiger partial charge is 0.321 e. The second-order valence-electron chi connectivity index (χ2n) is 7.76. The van der Waals surface area contributed by atoms with Crippen molar-refractivity contribution in [1.29, 1.82) is 0 Å². The minimum atomic E-state index is -0.0561. The van der Waals surface area contributed by atoms with Gasteiger partial charge in [-0.3, -0.25) is 9.69 Å². The quantitative estimate of drug-likeness (QED) is 0.887. The first kappa shape index (κ1) is 18.5. The number of rotatable bonds is 4. The van der Waals surface area contributed by atoms with Crippen molar-refractivity contribution in [2.75, 3.05) is 31.1 Å². The second kappa shape index (κ2) is 8.05. The molecule has 2 aliphatic heterocycles. The molecule has 28 heavy (non-hydrogen) atoms. The van der Waals surface area contributed by atoms with Gasteiger partial charge in [0.1, 0.15) is 0 Å². The summed E-state index contributed by atoms with van der Waals surface area (Å²) in [6, 6.07) is 16.2. The molecule has 2 aromatic carbocycles. The van der Waals surface area contributed by atoms with E-state index >= 15 is 0 Å². The molecule has 2 aromatic rings. The predicted molar refractivity (Wildman–Crippen MR) is 111 cm³/mol. The molecular formula is C23H27N3O2. The lowest BCUT2D eigenvalue weighted by atomic mass is 9.88. The first-order valence-electron chi connectivity index (χ1n) is 10.1.